The largest absolute Gasteiger partial charge is 0.444 e. The topological polar surface area (TPSA) is 66.0 Å². The van der Waals surface area contributed by atoms with Crippen molar-refractivity contribution in [1.82, 2.24) is 15.5 Å². The number of rotatable bonds is 6. The van der Waals surface area contributed by atoms with E-state index in [-0.39, 0.29) is 30.1 Å². The van der Waals surface area contributed by atoms with Crippen LogP contribution in [0.3, 0.4) is 0 Å². The van der Waals surface area contributed by atoms with Crippen molar-refractivity contribution in [3.63, 3.8) is 0 Å². The van der Waals surface area contributed by atoms with Crippen LogP contribution in [0.2, 0.25) is 0 Å². The number of ether oxygens (including phenoxy) is 1. The van der Waals surface area contributed by atoms with Gasteiger partial charge in [-0.3, -0.25) is 4.99 Å². The molecule has 23 heavy (non-hydrogen) atoms. The Morgan fingerprint density at radius 1 is 1.22 bits per heavy atom. The molecule has 7 heteroatoms. The summed E-state index contributed by atoms with van der Waals surface area (Å²) in [5.74, 6) is 1.62. The first-order valence-electron chi connectivity index (χ1n) is 8.33. The second kappa shape index (κ2) is 8.94. The van der Waals surface area contributed by atoms with E-state index >= 15 is 0 Å². The standard InChI is InChI=1S/C16H30N4O2.HI/c1-16(2,3)22-15(21)20(13-7-8-13)10-9-18-14(17-4)19-11-12-5-6-12;/h12-13H,5-11H2,1-4H3,(H2,17,18,19);1H. The van der Waals surface area contributed by atoms with E-state index in [0.717, 1.165) is 31.3 Å². The zero-order valence-corrected chi connectivity index (χ0v) is 17.1. The molecule has 0 spiro atoms. The molecule has 2 saturated carbocycles. The van der Waals surface area contributed by atoms with Crippen molar-refractivity contribution < 1.29 is 9.53 Å². The van der Waals surface area contributed by atoms with Gasteiger partial charge in [-0.05, 0) is 52.4 Å². The maximum absolute atomic E-state index is 12.2. The van der Waals surface area contributed by atoms with Gasteiger partial charge in [-0.1, -0.05) is 0 Å². The van der Waals surface area contributed by atoms with Gasteiger partial charge < -0.3 is 20.3 Å². The lowest BCUT2D eigenvalue weighted by Gasteiger charge is -2.27. The molecule has 0 unspecified atom stereocenters. The third kappa shape index (κ3) is 8.08. The van der Waals surface area contributed by atoms with E-state index in [4.69, 9.17) is 4.74 Å². The van der Waals surface area contributed by atoms with Crippen molar-refractivity contribution in [2.75, 3.05) is 26.7 Å². The number of carbonyl (C=O) groups excluding carboxylic acids is 1. The zero-order chi connectivity index (χ0) is 16.2. The number of nitrogens with zero attached hydrogens (tertiary/aromatic N) is 2. The van der Waals surface area contributed by atoms with E-state index in [2.05, 4.69) is 15.6 Å². The van der Waals surface area contributed by atoms with E-state index in [1.807, 2.05) is 25.7 Å². The van der Waals surface area contributed by atoms with Crippen molar-refractivity contribution >= 4 is 36.0 Å². The summed E-state index contributed by atoms with van der Waals surface area (Å²) in [6, 6.07) is 0.345. The number of amides is 1. The van der Waals surface area contributed by atoms with Gasteiger partial charge in [0.15, 0.2) is 5.96 Å². The van der Waals surface area contributed by atoms with Crippen LogP contribution in [0.5, 0.6) is 0 Å². The van der Waals surface area contributed by atoms with E-state index in [1.54, 1.807) is 7.05 Å². The van der Waals surface area contributed by atoms with Gasteiger partial charge >= 0.3 is 6.09 Å². The number of hydrogen-bond donors (Lipinski definition) is 2. The third-order valence-corrected chi connectivity index (χ3v) is 3.74. The van der Waals surface area contributed by atoms with Gasteiger partial charge in [-0.25, -0.2) is 4.79 Å². The van der Waals surface area contributed by atoms with Crippen LogP contribution in [0.4, 0.5) is 4.79 Å². The number of guanidine groups is 1. The molecular formula is C16H31IN4O2. The van der Waals surface area contributed by atoms with Crippen LogP contribution in [-0.2, 0) is 4.74 Å². The van der Waals surface area contributed by atoms with Crippen molar-refractivity contribution in [1.29, 1.82) is 0 Å². The van der Waals surface area contributed by atoms with Gasteiger partial charge in [0, 0.05) is 32.7 Å². The lowest BCUT2D eigenvalue weighted by atomic mass is 10.2. The third-order valence-electron chi connectivity index (χ3n) is 3.74. The number of nitrogens with one attached hydrogen (secondary N) is 2. The van der Waals surface area contributed by atoms with Crippen molar-refractivity contribution in [3.8, 4) is 0 Å². The van der Waals surface area contributed by atoms with Gasteiger partial charge in [-0.15, -0.1) is 24.0 Å². The maximum Gasteiger partial charge on any atom is 0.410 e. The van der Waals surface area contributed by atoms with E-state index in [1.165, 1.54) is 12.8 Å². The average Bonchev–Trinajstić information content (AvgIpc) is 3.28. The molecule has 2 aliphatic carbocycles. The minimum absolute atomic E-state index is 0. The molecule has 134 valence electrons. The number of aliphatic imine (C=N–C) groups is 1. The van der Waals surface area contributed by atoms with Gasteiger partial charge in [0.2, 0.25) is 0 Å². The molecule has 2 N–H and O–H groups in total. The molecule has 0 heterocycles. The predicted octanol–water partition coefficient (Wildman–Crippen LogP) is 2.58. The summed E-state index contributed by atoms with van der Waals surface area (Å²) in [5.41, 5.74) is -0.445. The molecule has 0 radical (unpaired) electrons. The Labute approximate surface area is 156 Å². The summed E-state index contributed by atoms with van der Waals surface area (Å²) in [6.07, 6.45) is 4.58. The van der Waals surface area contributed by atoms with Crippen LogP contribution < -0.4 is 10.6 Å². The van der Waals surface area contributed by atoms with Gasteiger partial charge in [-0.2, -0.15) is 0 Å². The van der Waals surface area contributed by atoms with Crippen LogP contribution in [0.15, 0.2) is 4.99 Å². The molecule has 0 bridgehead atoms. The highest BCUT2D eigenvalue weighted by atomic mass is 127. The van der Waals surface area contributed by atoms with Gasteiger partial charge in [0.05, 0.1) is 0 Å². The fourth-order valence-corrected chi connectivity index (χ4v) is 2.21. The second-order valence-corrected chi connectivity index (χ2v) is 7.23. The van der Waals surface area contributed by atoms with E-state index in [0.29, 0.717) is 19.1 Å². The Hall–Kier alpha value is -0.730. The monoisotopic (exact) mass is 438 g/mol. The molecule has 0 aliphatic heterocycles. The molecule has 0 aromatic carbocycles. The number of halogens is 1. The molecule has 0 atom stereocenters. The Bertz CT molecular complexity index is 415. The highest BCUT2D eigenvalue weighted by Gasteiger charge is 2.34. The molecule has 2 aliphatic rings. The summed E-state index contributed by atoms with van der Waals surface area (Å²) in [5, 5.41) is 6.59. The highest BCUT2D eigenvalue weighted by Crippen LogP contribution is 2.28. The van der Waals surface area contributed by atoms with Crippen LogP contribution >= 0.6 is 24.0 Å². The Morgan fingerprint density at radius 3 is 2.35 bits per heavy atom. The summed E-state index contributed by atoms with van der Waals surface area (Å²) in [4.78, 5) is 18.3. The van der Waals surface area contributed by atoms with Gasteiger partial charge in [0.25, 0.3) is 0 Å². The van der Waals surface area contributed by atoms with E-state index in [9.17, 15) is 4.79 Å². The quantitative estimate of drug-likeness (QED) is 0.380. The first-order valence-corrected chi connectivity index (χ1v) is 8.33. The SMILES string of the molecule is CN=C(NCCN(C(=O)OC(C)(C)C)C1CC1)NCC1CC1.I. The van der Waals surface area contributed by atoms with Crippen molar-refractivity contribution in [3.05, 3.63) is 0 Å². The first-order chi connectivity index (χ1) is 10.4. The summed E-state index contributed by atoms with van der Waals surface area (Å²) >= 11 is 0. The lowest BCUT2D eigenvalue weighted by Crippen LogP contribution is -2.45. The van der Waals surface area contributed by atoms with Gasteiger partial charge in [0.1, 0.15) is 5.60 Å². The Morgan fingerprint density at radius 2 is 1.87 bits per heavy atom. The van der Waals surface area contributed by atoms with E-state index < -0.39 is 5.60 Å². The Balaban J connectivity index is 0.00000264. The summed E-state index contributed by atoms with van der Waals surface area (Å²) < 4.78 is 5.49. The fourth-order valence-electron chi connectivity index (χ4n) is 2.21. The van der Waals surface area contributed by atoms with Crippen LogP contribution in [0.25, 0.3) is 0 Å². The molecule has 6 nitrogen and oxygen atoms in total. The lowest BCUT2D eigenvalue weighted by molar-refractivity contribution is 0.0238. The van der Waals surface area contributed by atoms with Crippen LogP contribution in [-0.4, -0.2) is 55.3 Å². The molecule has 0 aromatic heterocycles. The Kier molecular flexibility index (Phi) is 7.89. The first kappa shape index (κ1) is 20.3. The molecular weight excluding hydrogens is 407 g/mol. The maximum atomic E-state index is 12.2. The molecule has 2 fully saturated rings. The smallest absolute Gasteiger partial charge is 0.410 e. The fraction of sp³-hybridized carbons (Fsp3) is 0.875. The molecule has 0 aromatic rings. The average molecular weight is 438 g/mol. The molecule has 1 amide bonds. The van der Waals surface area contributed by atoms with Crippen LogP contribution in [0, 0.1) is 5.92 Å². The predicted molar refractivity (Wildman–Crippen MR) is 103 cm³/mol. The van der Waals surface area contributed by atoms with Crippen molar-refractivity contribution in [2.45, 2.75) is 58.1 Å². The number of carbonyl (C=O) groups is 1. The van der Waals surface area contributed by atoms with Crippen molar-refractivity contribution in [2.24, 2.45) is 10.9 Å². The minimum atomic E-state index is -0.445. The normalized spacial score (nSPS) is 18.0. The van der Waals surface area contributed by atoms with Crippen LogP contribution in [0.1, 0.15) is 46.5 Å². The minimum Gasteiger partial charge on any atom is -0.444 e. The highest BCUT2D eigenvalue weighted by molar-refractivity contribution is 14.0. The second-order valence-electron chi connectivity index (χ2n) is 7.23. The molecule has 2 rings (SSSR count). The zero-order valence-electron chi connectivity index (χ0n) is 14.7. The number of hydrogen-bond acceptors (Lipinski definition) is 3. The summed E-state index contributed by atoms with van der Waals surface area (Å²) in [6.45, 7) is 8.01. The molecule has 0 saturated heterocycles. The summed E-state index contributed by atoms with van der Waals surface area (Å²) in [7, 11) is 1.77.